The molecule has 1 fully saturated rings. The molecule has 0 atom stereocenters. The van der Waals surface area contributed by atoms with Crippen molar-refractivity contribution in [1.82, 2.24) is 29.9 Å². The molecule has 30 heavy (non-hydrogen) atoms. The molecule has 9 nitrogen and oxygen atoms in total. The molecule has 1 aliphatic rings. The first-order valence-electron chi connectivity index (χ1n) is 9.51. The Morgan fingerprint density at radius 3 is 3.07 bits per heavy atom. The maximum atomic E-state index is 12.7. The molecule has 4 N–H and O–H groups in total. The number of benzene rings is 1. The molecule has 1 amide bonds. The topological polar surface area (TPSA) is 123 Å². The summed E-state index contributed by atoms with van der Waals surface area (Å²) >= 11 is 0. The molecular weight excluding hydrogens is 382 g/mol. The van der Waals surface area contributed by atoms with Gasteiger partial charge in [0.25, 0.3) is 5.91 Å². The van der Waals surface area contributed by atoms with E-state index in [9.17, 15) is 4.79 Å². The average molecular weight is 401 g/mol. The first kappa shape index (κ1) is 18.0. The molecule has 0 aliphatic heterocycles. The van der Waals surface area contributed by atoms with Crippen LogP contribution in [0.1, 0.15) is 35.6 Å². The van der Waals surface area contributed by atoms with E-state index in [1.807, 2.05) is 18.2 Å². The van der Waals surface area contributed by atoms with Gasteiger partial charge in [-0.3, -0.25) is 4.79 Å². The van der Waals surface area contributed by atoms with E-state index in [-0.39, 0.29) is 17.3 Å². The van der Waals surface area contributed by atoms with Crippen molar-refractivity contribution in [3.05, 3.63) is 48.2 Å². The summed E-state index contributed by atoms with van der Waals surface area (Å²) in [5.41, 5.74) is 8.74. The Bertz CT molecular complexity index is 1340. The third-order valence-electron chi connectivity index (χ3n) is 5.22. The van der Waals surface area contributed by atoms with Crippen LogP contribution in [0, 0.1) is 11.8 Å². The summed E-state index contributed by atoms with van der Waals surface area (Å²) in [5, 5.41) is 7.31. The van der Waals surface area contributed by atoms with Gasteiger partial charge in [-0.15, -0.1) is 0 Å². The zero-order valence-electron chi connectivity index (χ0n) is 16.3. The van der Waals surface area contributed by atoms with E-state index in [2.05, 4.69) is 37.2 Å². The molecule has 0 bridgehead atoms. The quantitative estimate of drug-likeness (QED) is 0.449. The summed E-state index contributed by atoms with van der Waals surface area (Å²) in [6, 6.07) is 7.21. The van der Waals surface area contributed by atoms with Crippen LogP contribution in [0.4, 0.5) is 5.69 Å². The average Bonchev–Trinajstić information content (AvgIpc) is 3.17. The van der Waals surface area contributed by atoms with Gasteiger partial charge in [0.1, 0.15) is 17.0 Å². The Hall–Kier alpha value is -4.06. The molecule has 1 aliphatic carbocycles. The molecule has 9 heteroatoms. The van der Waals surface area contributed by atoms with Crippen molar-refractivity contribution in [2.24, 2.45) is 0 Å². The van der Waals surface area contributed by atoms with Crippen molar-refractivity contribution in [2.75, 3.05) is 12.8 Å². The number of aromatic nitrogens is 5. The number of nitrogens with two attached hydrogens (primary N) is 1. The van der Waals surface area contributed by atoms with Gasteiger partial charge >= 0.3 is 0 Å². The van der Waals surface area contributed by atoms with Crippen molar-refractivity contribution in [2.45, 2.75) is 24.8 Å². The van der Waals surface area contributed by atoms with Crippen LogP contribution in [0.15, 0.2) is 36.7 Å². The number of nitrogens with zero attached hydrogens (tertiary/aromatic N) is 4. The van der Waals surface area contributed by atoms with Gasteiger partial charge in [0, 0.05) is 6.42 Å². The Labute approximate surface area is 171 Å². The number of rotatable bonds is 4. The third-order valence-corrected chi connectivity index (χ3v) is 5.22. The van der Waals surface area contributed by atoms with Crippen LogP contribution in [0.25, 0.3) is 16.7 Å². The van der Waals surface area contributed by atoms with Crippen molar-refractivity contribution < 1.29 is 9.53 Å². The highest BCUT2D eigenvalue weighted by molar-refractivity contribution is 5.96. The van der Waals surface area contributed by atoms with Crippen LogP contribution < -0.4 is 15.8 Å². The van der Waals surface area contributed by atoms with E-state index in [4.69, 9.17) is 10.5 Å². The van der Waals surface area contributed by atoms with Gasteiger partial charge in [0.15, 0.2) is 11.5 Å². The predicted molar refractivity (Wildman–Crippen MR) is 111 cm³/mol. The molecule has 3 heterocycles. The number of amides is 1. The fraction of sp³-hybridized carbons (Fsp3) is 0.238. The van der Waals surface area contributed by atoms with Gasteiger partial charge in [-0.05, 0) is 37.0 Å². The number of nitrogen functional groups attached to an aromatic ring is 1. The minimum atomic E-state index is -0.333. The minimum Gasteiger partial charge on any atom is -0.494 e. The van der Waals surface area contributed by atoms with Crippen LogP contribution in [0.3, 0.4) is 0 Å². The Morgan fingerprint density at radius 2 is 2.27 bits per heavy atom. The number of nitrogens with one attached hydrogen (secondary N) is 2. The van der Waals surface area contributed by atoms with Gasteiger partial charge in [0.2, 0.25) is 0 Å². The summed E-state index contributed by atoms with van der Waals surface area (Å²) < 4.78 is 6.92. The number of hydrogen-bond acceptors (Lipinski definition) is 6. The van der Waals surface area contributed by atoms with Crippen molar-refractivity contribution >= 4 is 28.3 Å². The molecule has 0 saturated heterocycles. The van der Waals surface area contributed by atoms with Gasteiger partial charge in [0.05, 0.1) is 36.2 Å². The SMILES string of the molecule is COc1cccc2[nH]c(C(=O)NC3(CC#Cc4cnc5c(N)ccnn45)CC3)nc12. The monoisotopic (exact) mass is 401 g/mol. The van der Waals surface area contributed by atoms with E-state index in [1.54, 1.807) is 30.1 Å². The maximum absolute atomic E-state index is 12.7. The molecule has 0 spiro atoms. The number of anilines is 1. The van der Waals surface area contributed by atoms with Gasteiger partial charge in [-0.2, -0.15) is 5.10 Å². The number of para-hydroxylation sites is 1. The lowest BCUT2D eigenvalue weighted by Crippen LogP contribution is -2.37. The van der Waals surface area contributed by atoms with E-state index < -0.39 is 0 Å². The number of fused-ring (bicyclic) bond motifs is 2. The fourth-order valence-corrected chi connectivity index (χ4v) is 3.38. The molecule has 1 aromatic carbocycles. The summed E-state index contributed by atoms with van der Waals surface area (Å²) in [4.78, 5) is 24.4. The number of aromatic amines is 1. The van der Waals surface area contributed by atoms with E-state index in [0.29, 0.717) is 34.7 Å². The van der Waals surface area contributed by atoms with E-state index >= 15 is 0 Å². The summed E-state index contributed by atoms with van der Waals surface area (Å²) in [7, 11) is 1.58. The summed E-state index contributed by atoms with van der Waals surface area (Å²) in [5.74, 6) is 6.86. The van der Waals surface area contributed by atoms with Crippen LogP contribution in [0.5, 0.6) is 5.75 Å². The standard InChI is InChI=1S/C21H19N7O2/c1-30-16-6-2-5-15-17(16)26-18(25-15)20(29)27-21(9-10-21)8-3-4-13-12-23-19-14(22)7-11-24-28(13)19/h2,5-7,11-12H,8-10,22H2,1H3,(H,25,26)(H,27,29). The van der Waals surface area contributed by atoms with Gasteiger partial charge in [-0.1, -0.05) is 12.0 Å². The van der Waals surface area contributed by atoms with Crippen molar-refractivity contribution in [3.8, 4) is 17.6 Å². The largest absolute Gasteiger partial charge is 0.494 e. The molecule has 0 radical (unpaired) electrons. The number of hydrogen-bond donors (Lipinski definition) is 3. The van der Waals surface area contributed by atoms with E-state index in [0.717, 1.165) is 18.4 Å². The molecule has 150 valence electrons. The highest BCUT2D eigenvalue weighted by Crippen LogP contribution is 2.38. The minimum absolute atomic E-state index is 0.253. The van der Waals surface area contributed by atoms with Crippen LogP contribution in [0.2, 0.25) is 0 Å². The van der Waals surface area contributed by atoms with Gasteiger partial charge in [-0.25, -0.2) is 14.5 Å². The second-order valence-electron chi connectivity index (χ2n) is 7.32. The molecule has 5 rings (SSSR count). The third kappa shape index (κ3) is 3.08. The Kier molecular flexibility index (Phi) is 4.06. The lowest BCUT2D eigenvalue weighted by Gasteiger charge is -2.12. The fourth-order valence-electron chi connectivity index (χ4n) is 3.38. The first-order valence-corrected chi connectivity index (χ1v) is 9.51. The first-order chi connectivity index (χ1) is 14.6. The number of imidazole rings is 2. The molecule has 0 unspecified atom stereocenters. The lowest BCUT2D eigenvalue weighted by atomic mass is 10.2. The number of ether oxygens (including phenoxy) is 1. The zero-order valence-corrected chi connectivity index (χ0v) is 16.3. The highest BCUT2D eigenvalue weighted by atomic mass is 16.5. The molecule has 3 aromatic heterocycles. The Morgan fingerprint density at radius 1 is 1.40 bits per heavy atom. The maximum Gasteiger partial charge on any atom is 0.287 e. The zero-order chi connectivity index (χ0) is 20.7. The highest BCUT2D eigenvalue weighted by Gasteiger charge is 2.43. The van der Waals surface area contributed by atoms with E-state index in [1.165, 1.54) is 0 Å². The Balaban J connectivity index is 1.32. The number of methoxy groups -OCH3 is 1. The number of H-pyrrole nitrogens is 1. The van der Waals surface area contributed by atoms with Crippen LogP contribution in [-0.2, 0) is 0 Å². The van der Waals surface area contributed by atoms with Crippen LogP contribution in [-0.4, -0.2) is 43.1 Å². The normalized spacial score (nSPS) is 14.3. The number of carbonyl (C=O) groups excluding carboxylic acids is 1. The summed E-state index contributed by atoms with van der Waals surface area (Å²) in [6.45, 7) is 0. The number of carbonyl (C=O) groups is 1. The van der Waals surface area contributed by atoms with Crippen molar-refractivity contribution in [1.29, 1.82) is 0 Å². The van der Waals surface area contributed by atoms with Gasteiger partial charge < -0.3 is 20.8 Å². The van der Waals surface area contributed by atoms with Crippen molar-refractivity contribution in [3.63, 3.8) is 0 Å². The molecular formula is C21H19N7O2. The predicted octanol–water partition coefficient (Wildman–Crippen LogP) is 1.90. The smallest absolute Gasteiger partial charge is 0.287 e. The van der Waals surface area contributed by atoms with Crippen LogP contribution >= 0.6 is 0 Å². The molecule has 1 saturated carbocycles. The second kappa shape index (κ2) is 6.77. The lowest BCUT2D eigenvalue weighted by molar-refractivity contribution is 0.0923. The second-order valence-corrected chi connectivity index (χ2v) is 7.32. The molecule has 4 aromatic rings. The summed E-state index contributed by atoms with van der Waals surface area (Å²) in [6.07, 6.45) is 5.52.